The number of nitrogens with one attached hydrogen (secondary N) is 1. The van der Waals surface area contributed by atoms with E-state index >= 15 is 0 Å². The minimum Gasteiger partial charge on any atom is -0.341 e. The first-order valence-corrected chi connectivity index (χ1v) is 10.00. The topological polar surface area (TPSA) is 66.5 Å². The molecule has 1 aromatic carbocycles. The Labute approximate surface area is 139 Å². The maximum absolute atomic E-state index is 12.7. The third-order valence-electron chi connectivity index (χ3n) is 4.09. The number of rotatable bonds is 8. The highest BCUT2D eigenvalue weighted by Crippen LogP contribution is 2.13. The van der Waals surface area contributed by atoms with E-state index in [2.05, 4.69) is 4.72 Å². The number of hydrogen-bond donors (Lipinski definition) is 1. The summed E-state index contributed by atoms with van der Waals surface area (Å²) in [5.41, 5.74) is 0.961. The van der Waals surface area contributed by atoms with Crippen molar-refractivity contribution in [3.63, 3.8) is 0 Å². The molecule has 1 fully saturated rings. The van der Waals surface area contributed by atoms with E-state index in [0.29, 0.717) is 12.8 Å². The zero-order chi connectivity index (χ0) is 16.7. The minimum atomic E-state index is -3.44. The Morgan fingerprint density at radius 1 is 1.22 bits per heavy atom. The zero-order valence-electron chi connectivity index (χ0n) is 13.7. The fourth-order valence-electron chi connectivity index (χ4n) is 2.80. The number of carbonyl (C=O) groups excluding carboxylic acids is 1. The van der Waals surface area contributed by atoms with Crippen molar-refractivity contribution in [2.45, 2.75) is 45.1 Å². The van der Waals surface area contributed by atoms with E-state index in [9.17, 15) is 13.2 Å². The zero-order valence-corrected chi connectivity index (χ0v) is 14.5. The quantitative estimate of drug-likeness (QED) is 0.788. The molecule has 0 saturated carbocycles. The normalized spacial score (nSPS) is 16.5. The number of unbranched alkanes of at least 4 members (excludes halogenated alkanes) is 1. The number of benzene rings is 1. The molecule has 2 rings (SSSR count). The van der Waals surface area contributed by atoms with Gasteiger partial charge in [-0.2, -0.15) is 0 Å². The molecule has 0 unspecified atom stereocenters. The van der Waals surface area contributed by atoms with Crippen molar-refractivity contribution in [3.05, 3.63) is 35.9 Å². The van der Waals surface area contributed by atoms with Gasteiger partial charge in [0.25, 0.3) is 0 Å². The van der Waals surface area contributed by atoms with Crippen LogP contribution in [0.25, 0.3) is 0 Å². The second-order valence-electron chi connectivity index (χ2n) is 6.06. The molecule has 1 atom stereocenters. The average molecular weight is 338 g/mol. The summed E-state index contributed by atoms with van der Waals surface area (Å²) in [5, 5.41) is 0. The minimum absolute atomic E-state index is 0.0715. The van der Waals surface area contributed by atoms with Crippen LogP contribution >= 0.6 is 0 Å². The van der Waals surface area contributed by atoms with Crippen molar-refractivity contribution < 1.29 is 13.2 Å². The smallest absolute Gasteiger partial charge is 0.241 e. The Kier molecular flexibility index (Phi) is 6.59. The number of amides is 1. The Morgan fingerprint density at radius 2 is 1.87 bits per heavy atom. The third kappa shape index (κ3) is 5.62. The standard InChI is InChI=1S/C17H26N2O3S/c1-2-3-13-23(21,22)18-16(14-15-9-5-4-6-10-15)17(20)19-11-7-8-12-19/h4-6,9-10,16,18H,2-3,7-8,11-14H2,1H3/t16-/m0/s1. The molecule has 6 heteroatoms. The molecule has 1 aliphatic heterocycles. The second kappa shape index (κ2) is 8.45. The molecule has 0 bridgehead atoms. The van der Waals surface area contributed by atoms with Crippen molar-refractivity contribution in [2.24, 2.45) is 0 Å². The van der Waals surface area contributed by atoms with Crippen LogP contribution in [0.2, 0.25) is 0 Å². The second-order valence-corrected chi connectivity index (χ2v) is 7.94. The Hall–Kier alpha value is -1.40. The summed E-state index contributed by atoms with van der Waals surface area (Å²) in [6, 6.07) is 8.84. The van der Waals surface area contributed by atoms with Crippen LogP contribution in [0.15, 0.2) is 30.3 Å². The van der Waals surface area contributed by atoms with E-state index < -0.39 is 16.1 Å². The van der Waals surface area contributed by atoms with E-state index in [4.69, 9.17) is 0 Å². The maximum Gasteiger partial charge on any atom is 0.241 e. The van der Waals surface area contributed by atoms with Crippen LogP contribution in [0.1, 0.15) is 38.2 Å². The Bertz CT molecular complexity index is 596. The summed E-state index contributed by atoms with van der Waals surface area (Å²) in [5.74, 6) is -0.0337. The predicted molar refractivity (Wildman–Crippen MR) is 91.6 cm³/mol. The van der Waals surface area contributed by atoms with Crippen LogP contribution in [0.3, 0.4) is 0 Å². The van der Waals surface area contributed by atoms with Gasteiger partial charge in [-0.25, -0.2) is 13.1 Å². The number of hydrogen-bond acceptors (Lipinski definition) is 3. The van der Waals surface area contributed by atoms with Gasteiger partial charge in [0.2, 0.25) is 15.9 Å². The molecule has 1 N–H and O–H groups in total. The van der Waals surface area contributed by atoms with E-state index in [1.54, 1.807) is 4.90 Å². The lowest BCUT2D eigenvalue weighted by Crippen LogP contribution is -2.49. The van der Waals surface area contributed by atoms with Gasteiger partial charge in [0, 0.05) is 13.1 Å². The molecule has 0 aromatic heterocycles. The van der Waals surface area contributed by atoms with Crippen LogP contribution in [0, 0.1) is 0 Å². The lowest BCUT2D eigenvalue weighted by Gasteiger charge is -2.24. The van der Waals surface area contributed by atoms with Gasteiger partial charge in [0.05, 0.1) is 5.75 Å². The molecule has 23 heavy (non-hydrogen) atoms. The summed E-state index contributed by atoms with van der Waals surface area (Å²) in [4.78, 5) is 14.5. The van der Waals surface area contributed by atoms with Crippen molar-refractivity contribution in [1.29, 1.82) is 0 Å². The van der Waals surface area contributed by atoms with E-state index in [1.807, 2.05) is 37.3 Å². The average Bonchev–Trinajstić information content (AvgIpc) is 3.07. The van der Waals surface area contributed by atoms with Crippen LogP contribution in [0.4, 0.5) is 0 Å². The van der Waals surface area contributed by atoms with Crippen molar-refractivity contribution in [2.75, 3.05) is 18.8 Å². The van der Waals surface area contributed by atoms with E-state index in [0.717, 1.165) is 37.9 Å². The van der Waals surface area contributed by atoms with E-state index in [-0.39, 0.29) is 11.7 Å². The molecule has 1 aromatic rings. The molecule has 0 radical (unpaired) electrons. The van der Waals surface area contributed by atoms with Crippen LogP contribution < -0.4 is 4.72 Å². The van der Waals surface area contributed by atoms with Gasteiger partial charge in [-0.3, -0.25) is 4.79 Å². The van der Waals surface area contributed by atoms with Gasteiger partial charge in [0.15, 0.2) is 0 Å². The summed E-state index contributed by atoms with van der Waals surface area (Å²) >= 11 is 0. The highest BCUT2D eigenvalue weighted by molar-refractivity contribution is 7.89. The molecular formula is C17H26N2O3S. The monoisotopic (exact) mass is 338 g/mol. The first-order chi connectivity index (χ1) is 11.0. The Morgan fingerprint density at radius 3 is 2.48 bits per heavy atom. The molecular weight excluding hydrogens is 312 g/mol. The molecule has 5 nitrogen and oxygen atoms in total. The summed E-state index contributed by atoms with van der Waals surface area (Å²) < 4.78 is 27.1. The first kappa shape index (κ1) is 17.9. The molecule has 1 aliphatic rings. The molecule has 0 aliphatic carbocycles. The van der Waals surface area contributed by atoms with Crippen LogP contribution in [0.5, 0.6) is 0 Å². The van der Waals surface area contributed by atoms with Crippen molar-refractivity contribution in [3.8, 4) is 0 Å². The van der Waals surface area contributed by atoms with Gasteiger partial charge in [0.1, 0.15) is 6.04 Å². The fourth-order valence-corrected chi connectivity index (χ4v) is 4.20. The summed E-state index contributed by atoms with van der Waals surface area (Å²) in [7, 11) is -3.44. The van der Waals surface area contributed by atoms with Gasteiger partial charge in [-0.15, -0.1) is 0 Å². The van der Waals surface area contributed by atoms with Crippen LogP contribution in [-0.4, -0.2) is 44.1 Å². The molecule has 128 valence electrons. The van der Waals surface area contributed by atoms with Crippen molar-refractivity contribution in [1.82, 2.24) is 9.62 Å². The lowest BCUT2D eigenvalue weighted by molar-refractivity contribution is -0.131. The summed E-state index contributed by atoms with van der Waals surface area (Å²) in [6.45, 7) is 3.40. The van der Waals surface area contributed by atoms with Crippen LogP contribution in [-0.2, 0) is 21.2 Å². The van der Waals surface area contributed by atoms with Gasteiger partial charge in [-0.1, -0.05) is 43.7 Å². The number of nitrogens with zero attached hydrogens (tertiary/aromatic N) is 1. The van der Waals surface area contributed by atoms with E-state index in [1.165, 1.54) is 0 Å². The molecule has 1 amide bonds. The molecule has 1 saturated heterocycles. The largest absolute Gasteiger partial charge is 0.341 e. The first-order valence-electron chi connectivity index (χ1n) is 8.34. The number of sulfonamides is 1. The highest BCUT2D eigenvalue weighted by atomic mass is 32.2. The van der Waals surface area contributed by atoms with Gasteiger partial charge < -0.3 is 4.90 Å². The molecule has 1 heterocycles. The van der Waals surface area contributed by atoms with Gasteiger partial charge >= 0.3 is 0 Å². The highest BCUT2D eigenvalue weighted by Gasteiger charge is 2.29. The number of likely N-dealkylation sites (tertiary alicyclic amines) is 1. The third-order valence-corrected chi connectivity index (χ3v) is 5.56. The SMILES string of the molecule is CCCCS(=O)(=O)N[C@@H](Cc1ccccc1)C(=O)N1CCCC1. The number of carbonyl (C=O) groups is 1. The fraction of sp³-hybridized carbons (Fsp3) is 0.588. The maximum atomic E-state index is 12.7. The molecule has 0 spiro atoms. The van der Waals surface area contributed by atoms with Gasteiger partial charge in [-0.05, 0) is 31.2 Å². The summed E-state index contributed by atoms with van der Waals surface area (Å²) in [6.07, 6.45) is 3.79. The van der Waals surface area contributed by atoms with Crippen molar-refractivity contribution >= 4 is 15.9 Å². The Balaban J connectivity index is 2.11. The predicted octanol–water partition coefficient (Wildman–Crippen LogP) is 1.94. The lowest BCUT2D eigenvalue weighted by atomic mass is 10.1.